The number of pyridine rings is 1. The van der Waals surface area contributed by atoms with E-state index in [0.717, 1.165) is 40.5 Å². The van der Waals surface area contributed by atoms with Crippen LogP contribution in [0, 0.1) is 3.57 Å². The highest BCUT2D eigenvalue weighted by Crippen LogP contribution is 2.35. The molecule has 36 heavy (non-hydrogen) atoms. The minimum absolute atomic E-state index is 0.0118. The third kappa shape index (κ3) is 6.43. The first-order chi connectivity index (χ1) is 17.1. The highest BCUT2D eigenvalue weighted by molar-refractivity contribution is 14.1. The highest BCUT2D eigenvalue weighted by Gasteiger charge is 2.30. The fourth-order valence-corrected chi connectivity index (χ4v) is 5.37. The van der Waals surface area contributed by atoms with Crippen molar-refractivity contribution < 1.29 is 19.1 Å². The van der Waals surface area contributed by atoms with Gasteiger partial charge in [-0.15, -0.1) is 0 Å². The van der Waals surface area contributed by atoms with E-state index < -0.39 is 5.60 Å². The highest BCUT2D eigenvalue weighted by atomic mass is 127. The lowest BCUT2D eigenvalue weighted by Crippen LogP contribution is -2.41. The number of ketones is 1. The Morgan fingerprint density at radius 2 is 1.75 bits per heavy atom. The minimum atomic E-state index is -0.525. The number of nitrogens with zero attached hydrogens (tertiary/aromatic N) is 3. The van der Waals surface area contributed by atoms with Crippen LogP contribution in [0.15, 0.2) is 48.7 Å². The van der Waals surface area contributed by atoms with Crippen LogP contribution in [-0.4, -0.2) is 38.3 Å². The lowest BCUT2D eigenvalue weighted by atomic mass is 9.91. The molecule has 1 aromatic carbocycles. The lowest BCUT2D eigenvalue weighted by Gasteiger charge is -2.30. The summed E-state index contributed by atoms with van der Waals surface area (Å²) in [7, 11) is 0. The summed E-state index contributed by atoms with van der Waals surface area (Å²) in [5, 5.41) is 7.87. The molecule has 1 saturated carbocycles. The Labute approximate surface area is 224 Å². The van der Waals surface area contributed by atoms with E-state index in [0.29, 0.717) is 17.3 Å². The van der Waals surface area contributed by atoms with Crippen molar-refractivity contribution in [2.75, 3.05) is 0 Å². The van der Waals surface area contributed by atoms with Crippen molar-refractivity contribution in [1.82, 2.24) is 20.1 Å². The van der Waals surface area contributed by atoms with E-state index in [2.05, 4.69) is 32.9 Å². The van der Waals surface area contributed by atoms with Crippen LogP contribution in [0.3, 0.4) is 0 Å². The Morgan fingerprint density at radius 1 is 1.06 bits per heavy atom. The number of benzene rings is 1. The van der Waals surface area contributed by atoms with Gasteiger partial charge in [0, 0.05) is 30.8 Å². The molecule has 0 spiro atoms. The van der Waals surface area contributed by atoms with Gasteiger partial charge in [0.15, 0.2) is 5.78 Å². The van der Waals surface area contributed by atoms with E-state index in [1.807, 2.05) is 61.9 Å². The van der Waals surface area contributed by atoms with Crippen LogP contribution in [-0.2, 0) is 4.74 Å². The standard InChI is InChI=1S/C27H31IN4O4/c1-17(33)25-23(28)24(18-8-14-21(15-9-18)35-22-7-5-6-16-29-22)31-32(25)20-12-10-19(11-13-20)30-26(34)36-27(2,3)4/h5-9,14-16,19-20H,10-13H2,1-4H3,(H,30,34). The summed E-state index contributed by atoms with van der Waals surface area (Å²) in [4.78, 5) is 28.9. The lowest BCUT2D eigenvalue weighted by molar-refractivity contribution is 0.0487. The first-order valence-electron chi connectivity index (χ1n) is 12.1. The smallest absolute Gasteiger partial charge is 0.407 e. The molecule has 1 fully saturated rings. The molecular weight excluding hydrogens is 571 g/mol. The predicted octanol–water partition coefficient (Wildman–Crippen LogP) is 6.55. The van der Waals surface area contributed by atoms with Crippen molar-refractivity contribution in [1.29, 1.82) is 0 Å². The van der Waals surface area contributed by atoms with Crippen LogP contribution < -0.4 is 10.1 Å². The quantitative estimate of drug-likeness (QED) is 0.254. The van der Waals surface area contributed by atoms with Gasteiger partial charge >= 0.3 is 6.09 Å². The van der Waals surface area contributed by atoms with Crippen molar-refractivity contribution in [3.63, 3.8) is 0 Å². The third-order valence-corrected chi connectivity index (χ3v) is 6.96. The fraction of sp³-hybridized carbons (Fsp3) is 0.407. The van der Waals surface area contributed by atoms with Gasteiger partial charge in [0.1, 0.15) is 22.7 Å². The van der Waals surface area contributed by atoms with Crippen LogP contribution in [0.5, 0.6) is 11.6 Å². The topological polar surface area (TPSA) is 95.3 Å². The van der Waals surface area contributed by atoms with Gasteiger partial charge in [0.05, 0.1) is 9.61 Å². The van der Waals surface area contributed by atoms with E-state index in [1.165, 1.54) is 0 Å². The molecule has 190 valence electrons. The fourth-order valence-electron chi connectivity index (χ4n) is 4.33. The van der Waals surface area contributed by atoms with Gasteiger partial charge in [-0.3, -0.25) is 9.48 Å². The molecule has 0 saturated heterocycles. The van der Waals surface area contributed by atoms with E-state index in [4.69, 9.17) is 14.6 Å². The summed E-state index contributed by atoms with van der Waals surface area (Å²) in [6.07, 6.45) is 4.52. The predicted molar refractivity (Wildman–Crippen MR) is 145 cm³/mol. The molecule has 1 aliphatic rings. The number of halogens is 1. The number of amides is 1. The van der Waals surface area contributed by atoms with E-state index in [-0.39, 0.29) is 24.0 Å². The minimum Gasteiger partial charge on any atom is -0.444 e. The van der Waals surface area contributed by atoms with Gasteiger partial charge in [-0.1, -0.05) is 6.07 Å². The maximum atomic E-state index is 12.6. The Balaban J connectivity index is 1.48. The number of rotatable bonds is 6. The molecule has 0 aliphatic heterocycles. The van der Waals surface area contributed by atoms with Crippen LogP contribution in [0.25, 0.3) is 11.3 Å². The number of carbonyl (C=O) groups is 2. The summed E-state index contributed by atoms with van der Waals surface area (Å²) < 4.78 is 13.9. The van der Waals surface area contributed by atoms with Crippen molar-refractivity contribution >= 4 is 34.5 Å². The second-order valence-corrected chi connectivity index (χ2v) is 11.0. The van der Waals surface area contributed by atoms with Gasteiger partial charge in [-0.2, -0.15) is 5.10 Å². The van der Waals surface area contributed by atoms with Crippen molar-refractivity contribution in [2.45, 2.75) is 71.1 Å². The molecule has 8 nitrogen and oxygen atoms in total. The number of nitrogens with one attached hydrogen (secondary N) is 1. The molecule has 2 aromatic heterocycles. The molecule has 0 radical (unpaired) electrons. The summed E-state index contributed by atoms with van der Waals surface area (Å²) in [5.41, 5.74) is 1.79. The van der Waals surface area contributed by atoms with Crippen LogP contribution in [0.2, 0.25) is 0 Å². The summed E-state index contributed by atoms with van der Waals surface area (Å²) in [6, 6.07) is 13.3. The Kier molecular flexibility index (Phi) is 7.97. The molecule has 3 aromatic rings. The van der Waals surface area contributed by atoms with Gasteiger partial charge < -0.3 is 14.8 Å². The molecule has 4 rings (SSSR count). The van der Waals surface area contributed by atoms with Gasteiger partial charge in [-0.05, 0) is 99.4 Å². The second-order valence-electron chi connectivity index (χ2n) is 9.96. The van der Waals surface area contributed by atoms with E-state index in [1.54, 1.807) is 19.2 Å². The van der Waals surface area contributed by atoms with Crippen molar-refractivity contribution in [2.24, 2.45) is 0 Å². The van der Waals surface area contributed by atoms with Gasteiger partial charge in [0.25, 0.3) is 0 Å². The Morgan fingerprint density at radius 3 is 2.33 bits per heavy atom. The first-order valence-corrected chi connectivity index (χ1v) is 13.2. The van der Waals surface area contributed by atoms with Crippen molar-refractivity contribution in [3.8, 4) is 22.9 Å². The maximum Gasteiger partial charge on any atom is 0.407 e. The Bertz CT molecular complexity index is 1210. The van der Waals surface area contributed by atoms with E-state index >= 15 is 0 Å². The Hall–Kier alpha value is -2.95. The average molecular weight is 602 g/mol. The molecule has 0 unspecified atom stereocenters. The maximum absolute atomic E-state index is 12.6. The van der Waals surface area contributed by atoms with Gasteiger partial charge in [-0.25, -0.2) is 9.78 Å². The SMILES string of the molecule is CC(=O)c1c(I)c(-c2ccc(Oc3ccccn3)cc2)nn1C1CCC(NC(=O)OC(C)(C)C)CC1. The molecule has 1 aliphatic carbocycles. The average Bonchev–Trinajstić information content (AvgIpc) is 3.17. The number of carbonyl (C=O) groups excluding carboxylic acids is 2. The molecule has 0 bridgehead atoms. The number of alkyl carbamates (subject to hydrolysis) is 1. The molecular formula is C27H31IN4O4. The van der Waals surface area contributed by atoms with Gasteiger partial charge in [0.2, 0.25) is 5.88 Å². The zero-order valence-electron chi connectivity index (χ0n) is 21.0. The first kappa shape index (κ1) is 26.1. The molecule has 0 atom stereocenters. The monoisotopic (exact) mass is 602 g/mol. The molecule has 1 N–H and O–H groups in total. The molecule has 1 amide bonds. The van der Waals surface area contributed by atoms with Crippen LogP contribution >= 0.6 is 22.6 Å². The molecule has 2 heterocycles. The number of hydrogen-bond acceptors (Lipinski definition) is 6. The number of aromatic nitrogens is 3. The third-order valence-electron chi connectivity index (χ3n) is 5.94. The second kappa shape index (κ2) is 11.0. The molecule has 9 heteroatoms. The van der Waals surface area contributed by atoms with Crippen LogP contribution in [0.1, 0.15) is 69.9 Å². The summed E-state index contributed by atoms with van der Waals surface area (Å²) >= 11 is 2.22. The summed E-state index contributed by atoms with van der Waals surface area (Å²) in [5.74, 6) is 1.19. The largest absolute Gasteiger partial charge is 0.444 e. The zero-order valence-corrected chi connectivity index (χ0v) is 23.1. The number of ether oxygens (including phenoxy) is 2. The van der Waals surface area contributed by atoms with E-state index in [9.17, 15) is 9.59 Å². The number of hydrogen-bond donors (Lipinski definition) is 1. The zero-order chi connectivity index (χ0) is 25.9. The van der Waals surface area contributed by atoms with Crippen LogP contribution in [0.4, 0.5) is 4.79 Å². The number of Topliss-reactive ketones (excluding diaryl/α,β-unsaturated/α-hetero) is 1. The normalized spacial score (nSPS) is 17.9. The summed E-state index contributed by atoms with van der Waals surface area (Å²) in [6.45, 7) is 7.14. The van der Waals surface area contributed by atoms with Crippen molar-refractivity contribution in [3.05, 3.63) is 57.9 Å².